The molecule has 1 aromatic rings. The Kier molecular flexibility index (Phi) is 4.00. The molecule has 0 spiro atoms. The fraction of sp³-hybridized carbons (Fsp3) is 0.222. The SMILES string of the molecule is O=C(Nc1cccc(Cl)c1)OCC(F)(F)F. The fourth-order valence-electron chi connectivity index (χ4n) is 0.868. The maximum Gasteiger partial charge on any atom is 0.422 e. The molecular formula is C9H7ClF3NO2. The van der Waals surface area contributed by atoms with E-state index < -0.39 is 18.9 Å². The number of rotatable bonds is 2. The van der Waals surface area contributed by atoms with Gasteiger partial charge in [-0.2, -0.15) is 13.2 Å². The Bertz CT molecular complexity index is 381. The summed E-state index contributed by atoms with van der Waals surface area (Å²) >= 11 is 5.61. The molecule has 1 amide bonds. The molecule has 0 heterocycles. The number of ether oxygens (including phenoxy) is 1. The van der Waals surface area contributed by atoms with E-state index in [1.807, 2.05) is 0 Å². The third-order valence-electron chi connectivity index (χ3n) is 1.44. The van der Waals surface area contributed by atoms with Crippen molar-refractivity contribution in [3.63, 3.8) is 0 Å². The van der Waals surface area contributed by atoms with E-state index >= 15 is 0 Å². The molecule has 1 rings (SSSR count). The summed E-state index contributed by atoms with van der Waals surface area (Å²) < 4.78 is 39.0. The van der Waals surface area contributed by atoms with E-state index in [4.69, 9.17) is 11.6 Å². The quantitative estimate of drug-likeness (QED) is 0.877. The lowest BCUT2D eigenvalue weighted by atomic mass is 10.3. The first-order chi connectivity index (χ1) is 7.37. The number of halogens is 4. The first-order valence-electron chi connectivity index (χ1n) is 4.13. The molecule has 7 heteroatoms. The van der Waals surface area contributed by atoms with E-state index in [0.29, 0.717) is 5.02 Å². The second-order valence-corrected chi connectivity index (χ2v) is 3.26. The number of amides is 1. The van der Waals surface area contributed by atoms with Crippen molar-refractivity contribution >= 4 is 23.4 Å². The van der Waals surface area contributed by atoms with Gasteiger partial charge in [0.1, 0.15) is 0 Å². The summed E-state index contributed by atoms with van der Waals surface area (Å²) in [5.41, 5.74) is 0.264. The lowest BCUT2D eigenvalue weighted by Gasteiger charge is -2.09. The highest BCUT2D eigenvalue weighted by molar-refractivity contribution is 6.30. The van der Waals surface area contributed by atoms with Crippen LogP contribution in [-0.2, 0) is 4.74 Å². The summed E-state index contributed by atoms with van der Waals surface area (Å²) in [6, 6.07) is 5.96. The van der Waals surface area contributed by atoms with Gasteiger partial charge in [0.05, 0.1) is 0 Å². The van der Waals surface area contributed by atoms with Gasteiger partial charge in [0.2, 0.25) is 0 Å². The highest BCUT2D eigenvalue weighted by atomic mass is 35.5. The molecule has 1 aromatic carbocycles. The number of carbonyl (C=O) groups excluding carboxylic acids is 1. The zero-order valence-electron chi connectivity index (χ0n) is 7.84. The van der Waals surface area contributed by atoms with E-state index in [0.717, 1.165) is 0 Å². The predicted octanol–water partition coefficient (Wildman–Crippen LogP) is 3.45. The van der Waals surface area contributed by atoms with Crippen molar-refractivity contribution in [3.05, 3.63) is 29.3 Å². The zero-order valence-corrected chi connectivity index (χ0v) is 8.60. The average molecular weight is 254 g/mol. The van der Waals surface area contributed by atoms with Crippen molar-refractivity contribution in [2.45, 2.75) is 6.18 Å². The van der Waals surface area contributed by atoms with E-state index in [9.17, 15) is 18.0 Å². The standard InChI is InChI=1S/C9H7ClF3NO2/c10-6-2-1-3-7(4-6)14-8(15)16-5-9(11,12)13/h1-4H,5H2,(H,14,15). The molecule has 16 heavy (non-hydrogen) atoms. The normalized spacial score (nSPS) is 11.0. The Balaban J connectivity index is 2.46. The fourth-order valence-corrected chi connectivity index (χ4v) is 1.06. The highest BCUT2D eigenvalue weighted by Gasteiger charge is 2.29. The van der Waals surface area contributed by atoms with Crippen LogP contribution < -0.4 is 5.32 Å². The molecule has 0 fully saturated rings. The number of carbonyl (C=O) groups is 1. The van der Waals surface area contributed by atoms with Crippen molar-refractivity contribution in [3.8, 4) is 0 Å². The Labute approximate surface area is 94.2 Å². The monoisotopic (exact) mass is 253 g/mol. The summed E-state index contributed by atoms with van der Waals surface area (Å²) in [7, 11) is 0. The Morgan fingerprint density at radius 2 is 2.12 bits per heavy atom. The summed E-state index contributed by atoms with van der Waals surface area (Å²) in [5, 5.41) is 2.46. The third kappa shape index (κ3) is 4.88. The van der Waals surface area contributed by atoms with Crippen molar-refractivity contribution in [2.24, 2.45) is 0 Å². The molecule has 0 aliphatic heterocycles. The van der Waals surface area contributed by atoms with E-state index in [1.165, 1.54) is 12.1 Å². The highest BCUT2D eigenvalue weighted by Crippen LogP contribution is 2.17. The molecule has 1 N–H and O–H groups in total. The second kappa shape index (κ2) is 5.07. The van der Waals surface area contributed by atoms with Crippen LogP contribution in [0.1, 0.15) is 0 Å². The van der Waals surface area contributed by atoms with E-state index in [1.54, 1.807) is 12.1 Å². The summed E-state index contributed by atoms with van der Waals surface area (Å²) in [6.07, 6.45) is -5.72. The van der Waals surface area contributed by atoms with Crippen LogP contribution in [0, 0.1) is 0 Å². The molecule has 3 nitrogen and oxygen atoms in total. The van der Waals surface area contributed by atoms with Crippen LogP contribution in [0.4, 0.5) is 23.7 Å². The minimum atomic E-state index is -4.54. The van der Waals surface area contributed by atoms with Crippen molar-refractivity contribution in [2.75, 3.05) is 11.9 Å². The molecule has 88 valence electrons. The number of hydrogen-bond acceptors (Lipinski definition) is 2. The van der Waals surface area contributed by atoms with E-state index in [2.05, 4.69) is 10.1 Å². The number of benzene rings is 1. The molecule has 0 saturated carbocycles. The minimum Gasteiger partial charge on any atom is -0.440 e. The Morgan fingerprint density at radius 1 is 1.44 bits per heavy atom. The summed E-state index contributed by atoms with van der Waals surface area (Å²) in [5.74, 6) is 0. The second-order valence-electron chi connectivity index (χ2n) is 2.83. The largest absolute Gasteiger partial charge is 0.440 e. The smallest absolute Gasteiger partial charge is 0.422 e. The Morgan fingerprint density at radius 3 is 2.69 bits per heavy atom. The molecule has 0 atom stereocenters. The lowest BCUT2D eigenvalue weighted by Crippen LogP contribution is -2.23. The van der Waals surface area contributed by atoms with Gasteiger partial charge in [0.15, 0.2) is 6.61 Å². The van der Waals surface area contributed by atoms with Gasteiger partial charge in [-0.05, 0) is 18.2 Å². The minimum absolute atomic E-state index is 0.264. The van der Waals surface area contributed by atoms with Crippen LogP contribution in [0.2, 0.25) is 5.02 Å². The van der Waals surface area contributed by atoms with Crippen LogP contribution in [0.25, 0.3) is 0 Å². The lowest BCUT2D eigenvalue weighted by molar-refractivity contribution is -0.159. The summed E-state index contributed by atoms with van der Waals surface area (Å²) in [4.78, 5) is 10.9. The van der Waals surface area contributed by atoms with Gasteiger partial charge in [-0.25, -0.2) is 4.79 Å². The molecule has 0 bridgehead atoms. The Hall–Kier alpha value is -1.43. The zero-order chi connectivity index (χ0) is 12.2. The number of alkyl halides is 3. The topological polar surface area (TPSA) is 38.3 Å². The van der Waals surface area contributed by atoms with Crippen molar-refractivity contribution in [1.82, 2.24) is 0 Å². The molecule has 0 aromatic heterocycles. The number of nitrogens with one attached hydrogen (secondary N) is 1. The molecule has 0 saturated heterocycles. The number of hydrogen-bond donors (Lipinski definition) is 1. The van der Waals surface area contributed by atoms with Crippen LogP contribution in [-0.4, -0.2) is 18.9 Å². The van der Waals surface area contributed by atoms with Gasteiger partial charge in [-0.3, -0.25) is 5.32 Å². The molecule has 0 aliphatic carbocycles. The van der Waals surface area contributed by atoms with Crippen molar-refractivity contribution < 1.29 is 22.7 Å². The van der Waals surface area contributed by atoms with Gasteiger partial charge >= 0.3 is 12.3 Å². The van der Waals surface area contributed by atoms with E-state index in [-0.39, 0.29) is 5.69 Å². The van der Waals surface area contributed by atoms with Gasteiger partial charge < -0.3 is 4.74 Å². The van der Waals surface area contributed by atoms with Crippen LogP contribution >= 0.6 is 11.6 Å². The predicted molar refractivity (Wildman–Crippen MR) is 52.5 cm³/mol. The van der Waals surface area contributed by atoms with Gasteiger partial charge in [-0.15, -0.1) is 0 Å². The summed E-state index contributed by atoms with van der Waals surface area (Å²) in [6.45, 7) is -1.63. The molecule has 0 radical (unpaired) electrons. The van der Waals surface area contributed by atoms with Gasteiger partial charge in [-0.1, -0.05) is 17.7 Å². The first-order valence-corrected chi connectivity index (χ1v) is 4.51. The first kappa shape index (κ1) is 12.6. The molecule has 0 aliphatic rings. The average Bonchev–Trinajstić information content (AvgIpc) is 2.14. The van der Waals surface area contributed by atoms with Crippen LogP contribution in [0.3, 0.4) is 0 Å². The van der Waals surface area contributed by atoms with Crippen molar-refractivity contribution in [1.29, 1.82) is 0 Å². The maximum absolute atomic E-state index is 11.7. The van der Waals surface area contributed by atoms with Crippen LogP contribution in [0.15, 0.2) is 24.3 Å². The molecule has 0 unspecified atom stereocenters. The van der Waals surface area contributed by atoms with Crippen LogP contribution in [0.5, 0.6) is 0 Å². The number of anilines is 1. The molecular weight excluding hydrogens is 247 g/mol. The van der Waals surface area contributed by atoms with Gasteiger partial charge in [0.25, 0.3) is 0 Å². The van der Waals surface area contributed by atoms with Gasteiger partial charge in [0, 0.05) is 10.7 Å². The third-order valence-corrected chi connectivity index (χ3v) is 1.67. The maximum atomic E-state index is 11.7.